The highest BCUT2D eigenvalue weighted by Crippen LogP contribution is 2.39. The van der Waals surface area contributed by atoms with E-state index in [0.29, 0.717) is 26.9 Å². The van der Waals surface area contributed by atoms with Crippen LogP contribution in [0.3, 0.4) is 0 Å². The third kappa shape index (κ3) is 3.58. The Bertz CT molecular complexity index is 829. The van der Waals surface area contributed by atoms with Crippen LogP contribution in [0.5, 0.6) is 5.75 Å². The number of benzene rings is 2. The number of para-hydroxylation sites is 1. The monoisotopic (exact) mass is 402 g/mol. The lowest BCUT2D eigenvalue weighted by Crippen LogP contribution is -2.21. The summed E-state index contributed by atoms with van der Waals surface area (Å²) in [6.07, 6.45) is -0.703. The van der Waals surface area contributed by atoms with Gasteiger partial charge < -0.3 is 14.2 Å². The average molecular weight is 403 g/mol. The van der Waals surface area contributed by atoms with Gasteiger partial charge in [-0.25, -0.2) is 9.59 Å². The first-order valence-corrected chi connectivity index (χ1v) is 8.37. The molecule has 0 aromatic heterocycles. The van der Waals surface area contributed by atoms with Crippen molar-refractivity contribution in [2.75, 3.05) is 13.7 Å². The third-order valence-corrected chi connectivity index (χ3v) is 4.51. The molecule has 0 spiro atoms. The summed E-state index contributed by atoms with van der Waals surface area (Å²) >= 11 is 3.27. The summed E-state index contributed by atoms with van der Waals surface area (Å²) in [7, 11) is 1.55. The normalized spacial score (nSPS) is 16.6. The first-order valence-electron chi connectivity index (χ1n) is 7.58. The van der Waals surface area contributed by atoms with E-state index in [4.69, 9.17) is 14.2 Å². The summed E-state index contributed by atoms with van der Waals surface area (Å²) in [5.41, 5.74) is 1.75. The van der Waals surface area contributed by atoms with E-state index in [1.807, 2.05) is 24.3 Å². The van der Waals surface area contributed by atoms with Gasteiger partial charge >= 0.3 is 11.9 Å². The lowest BCUT2D eigenvalue weighted by Gasteiger charge is -2.16. The Hall–Kier alpha value is -2.60. The van der Waals surface area contributed by atoms with E-state index < -0.39 is 18.0 Å². The highest BCUT2D eigenvalue weighted by atomic mass is 79.9. The van der Waals surface area contributed by atoms with Gasteiger partial charge in [-0.05, 0) is 34.1 Å². The molecule has 1 atom stereocenters. The molecule has 0 bridgehead atoms. The lowest BCUT2D eigenvalue weighted by molar-refractivity contribution is -0.140. The van der Waals surface area contributed by atoms with Crippen molar-refractivity contribution in [1.29, 1.82) is 0 Å². The molecule has 2 aromatic carbocycles. The van der Waals surface area contributed by atoms with E-state index in [2.05, 4.69) is 15.9 Å². The fourth-order valence-electron chi connectivity index (χ4n) is 2.58. The number of rotatable bonds is 5. The topological polar surface area (TPSA) is 61.8 Å². The van der Waals surface area contributed by atoms with Crippen molar-refractivity contribution in [2.24, 2.45) is 0 Å². The Morgan fingerprint density at radius 3 is 2.52 bits per heavy atom. The largest absolute Gasteiger partial charge is 0.496 e. The van der Waals surface area contributed by atoms with Crippen molar-refractivity contribution in [3.8, 4) is 5.75 Å². The molecule has 3 rings (SSSR count). The number of hydrogen-bond acceptors (Lipinski definition) is 5. The van der Waals surface area contributed by atoms with Crippen LogP contribution in [0.2, 0.25) is 0 Å². The maximum absolute atomic E-state index is 12.1. The second-order valence-electron chi connectivity index (χ2n) is 5.29. The molecule has 2 aromatic rings. The van der Waals surface area contributed by atoms with Gasteiger partial charge in [-0.1, -0.05) is 36.4 Å². The van der Waals surface area contributed by atoms with Gasteiger partial charge in [-0.15, -0.1) is 0 Å². The minimum Gasteiger partial charge on any atom is -0.496 e. The summed E-state index contributed by atoms with van der Waals surface area (Å²) in [5.74, 6) is -0.368. The van der Waals surface area contributed by atoms with Crippen LogP contribution in [0.1, 0.15) is 15.9 Å². The maximum Gasteiger partial charge on any atom is 0.346 e. The predicted octanol–water partition coefficient (Wildman–Crippen LogP) is 3.58. The van der Waals surface area contributed by atoms with E-state index in [-0.39, 0.29) is 6.61 Å². The number of cyclic esters (lactones) is 1. The molecular formula is C19H15BrO5. The average Bonchev–Trinajstić information content (AvgIpc) is 2.94. The number of carbonyl (C=O) groups is 2. The Morgan fingerprint density at radius 1 is 1.12 bits per heavy atom. The van der Waals surface area contributed by atoms with Crippen molar-refractivity contribution in [3.05, 3.63) is 70.2 Å². The molecule has 1 aliphatic heterocycles. The Morgan fingerprint density at radius 2 is 1.80 bits per heavy atom. The van der Waals surface area contributed by atoms with Gasteiger partial charge in [0.05, 0.1) is 12.7 Å². The quantitative estimate of drug-likeness (QED) is 0.715. The molecular weight excluding hydrogens is 388 g/mol. The molecule has 0 fully saturated rings. The molecule has 1 heterocycles. The molecule has 0 amide bonds. The van der Waals surface area contributed by atoms with Crippen LogP contribution in [0.15, 0.2) is 59.1 Å². The zero-order valence-corrected chi connectivity index (χ0v) is 15.0. The van der Waals surface area contributed by atoms with Crippen molar-refractivity contribution in [2.45, 2.75) is 6.10 Å². The van der Waals surface area contributed by atoms with Crippen LogP contribution in [0, 0.1) is 0 Å². The molecule has 25 heavy (non-hydrogen) atoms. The van der Waals surface area contributed by atoms with Gasteiger partial charge in [-0.3, -0.25) is 0 Å². The first kappa shape index (κ1) is 17.2. The van der Waals surface area contributed by atoms with Gasteiger partial charge in [0.25, 0.3) is 0 Å². The zero-order valence-electron chi connectivity index (χ0n) is 13.4. The minimum absolute atomic E-state index is 0.0814. The van der Waals surface area contributed by atoms with Crippen LogP contribution in [0.4, 0.5) is 0 Å². The molecule has 5 nitrogen and oxygen atoms in total. The molecule has 0 saturated heterocycles. The van der Waals surface area contributed by atoms with Gasteiger partial charge in [0.2, 0.25) is 0 Å². The Balaban J connectivity index is 1.82. The van der Waals surface area contributed by atoms with E-state index in [1.54, 1.807) is 37.4 Å². The Kier molecular flexibility index (Phi) is 5.19. The van der Waals surface area contributed by atoms with Crippen molar-refractivity contribution in [3.63, 3.8) is 0 Å². The van der Waals surface area contributed by atoms with Crippen molar-refractivity contribution in [1.82, 2.24) is 0 Å². The van der Waals surface area contributed by atoms with Crippen LogP contribution < -0.4 is 4.74 Å². The molecule has 128 valence electrons. The number of hydrogen-bond donors (Lipinski definition) is 0. The summed E-state index contributed by atoms with van der Waals surface area (Å²) in [4.78, 5) is 24.1. The molecule has 0 N–H and O–H groups in total. The number of methoxy groups -OCH3 is 1. The minimum atomic E-state index is -0.703. The summed E-state index contributed by atoms with van der Waals surface area (Å²) < 4.78 is 16.3. The first-order chi connectivity index (χ1) is 12.1. The number of esters is 2. The standard InChI is InChI=1S/C19H15BrO5/c1-23-14-10-6-5-9-13(14)16-15(25-19(22)17(16)20)11-24-18(21)12-7-3-2-4-8-12/h2-10,15H,11H2,1H3. The Labute approximate surface area is 153 Å². The smallest absolute Gasteiger partial charge is 0.346 e. The van der Waals surface area contributed by atoms with Crippen LogP contribution in [0.25, 0.3) is 5.57 Å². The summed E-state index contributed by atoms with van der Waals surface area (Å²) in [5, 5.41) is 0. The molecule has 0 aliphatic carbocycles. The van der Waals surface area contributed by atoms with Gasteiger partial charge in [0.1, 0.15) is 16.8 Å². The zero-order chi connectivity index (χ0) is 17.8. The highest BCUT2D eigenvalue weighted by molar-refractivity contribution is 9.12. The second-order valence-corrected chi connectivity index (χ2v) is 6.08. The SMILES string of the molecule is COc1ccccc1C1=C(Br)C(=O)OC1COC(=O)c1ccccc1. The summed E-state index contributed by atoms with van der Waals surface area (Å²) in [6.45, 7) is -0.0814. The molecule has 6 heteroatoms. The van der Waals surface area contributed by atoms with Gasteiger partial charge in [0, 0.05) is 11.1 Å². The number of halogens is 1. The van der Waals surface area contributed by atoms with Crippen LogP contribution in [-0.2, 0) is 14.3 Å². The fourth-order valence-corrected chi connectivity index (χ4v) is 3.14. The number of ether oxygens (including phenoxy) is 3. The van der Waals surface area contributed by atoms with Gasteiger partial charge in [0.15, 0.2) is 6.10 Å². The van der Waals surface area contributed by atoms with E-state index in [0.717, 1.165) is 0 Å². The molecule has 1 aliphatic rings. The van der Waals surface area contributed by atoms with Crippen molar-refractivity contribution < 1.29 is 23.8 Å². The fraction of sp³-hybridized carbons (Fsp3) is 0.158. The second kappa shape index (κ2) is 7.53. The predicted molar refractivity (Wildman–Crippen MR) is 95.4 cm³/mol. The number of carbonyl (C=O) groups excluding carboxylic acids is 2. The van der Waals surface area contributed by atoms with E-state index >= 15 is 0 Å². The summed E-state index contributed by atoms with van der Waals surface area (Å²) in [6, 6.07) is 15.9. The van der Waals surface area contributed by atoms with Crippen LogP contribution in [-0.4, -0.2) is 31.8 Å². The molecule has 0 radical (unpaired) electrons. The van der Waals surface area contributed by atoms with Gasteiger partial charge in [-0.2, -0.15) is 0 Å². The molecule has 1 unspecified atom stereocenters. The van der Waals surface area contributed by atoms with Crippen molar-refractivity contribution >= 4 is 33.4 Å². The van der Waals surface area contributed by atoms with E-state index in [9.17, 15) is 9.59 Å². The molecule has 0 saturated carbocycles. The van der Waals surface area contributed by atoms with E-state index in [1.165, 1.54) is 0 Å². The van der Waals surface area contributed by atoms with Crippen LogP contribution >= 0.6 is 15.9 Å². The maximum atomic E-state index is 12.1. The highest BCUT2D eigenvalue weighted by Gasteiger charge is 2.36. The third-order valence-electron chi connectivity index (χ3n) is 3.76. The lowest BCUT2D eigenvalue weighted by atomic mass is 10.0.